The average molecular weight is 391 g/mol. The lowest BCUT2D eigenvalue weighted by Crippen LogP contribution is -2.45. The fraction of sp³-hybridized carbons (Fsp3) is 0.280. The summed E-state index contributed by atoms with van der Waals surface area (Å²) in [5, 5.41) is 12.3. The van der Waals surface area contributed by atoms with Crippen LogP contribution >= 0.6 is 0 Å². The highest BCUT2D eigenvalue weighted by Crippen LogP contribution is 2.43. The van der Waals surface area contributed by atoms with E-state index in [1.165, 1.54) is 12.1 Å². The van der Waals surface area contributed by atoms with Crippen LogP contribution in [0.4, 0.5) is 4.39 Å². The van der Waals surface area contributed by atoms with Crippen molar-refractivity contribution in [3.63, 3.8) is 0 Å². The fourth-order valence-electron chi connectivity index (χ4n) is 4.17. The molecule has 4 rings (SSSR count). The maximum absolute atomic E-state index is 13.7. The van der Waals surface area contributed by atoms with Gasteiger partial charge in [-0.25, -0.2) is 4.39 Å². The lowest BCUT2D eigenvalue weighted by molar-refractivity contribution is 0.000744. The van der Waals surface area contributed by atoms with E-state index in [0.717, 1.165) is 24.2 Å². The molecule has 4 heteroatoms. The van der Waals surface area contributed by atoms with Gasteiger partial charge in [-0.3, -0.25) is 4.90 Å². The molecule has 150 valence electrons. The Morgan fingerprint density at radius 1 is 0.828 bits per heavy atom. The molecule has 3 aromatic carbocycles. The average Bonchev–Trinajstić information content (AvgIpc) is 2.79. The lowest BCUT2D eigenvalue weighted by Gasteiger charge is -2.41. The zero-order chi connectivity index (χ0) is 20.1. The minimum Gasteiger partial charge on any atom is -0.380 e. The third-order valence-electron chi connectivity index (χ3n) is 5.75. The fourth-order valence-corrected chi connectivity index (χ4v) is 4.17. The van der Waals surface area contributed by atoms with Crippen molar-refractivity contribution in [1.29, 1.82) is 0 Å². The second-order valence-electron chi connectivity index (χ2n) is 7.52. The van der Waals surface area contributed by atoms with Gasteiger partial charge in [0.2, 0.25) is 0 Å². The molecule has 3 nitrogen and oxygen atoms in total. The van der Waals surface area contributed by atoms with E-state index >= 15 is 0 Å². The summed E-state index contributed by atoms with van der Waals surface area (Å²) < 4.78 is 19.2. The Bertz CT molecular complexity index is 895. The van der Waals surface area contributed by atoms with Crippen LogP contribution in [0.15, 0.2) is 84.9 Å². The number of hydrogen-bond donors (Lipinski definition) is 1. The van der Waals surface area contributed by atoms with Crippen LogP contribution in [-0.2, 0) is 10.3 Å². The van der Waals surface area contributed by atoms with Crippen LogP contribution in [0.2, 0.25) is 0 Å². The van der Waals surface area contributed by atoms with Crippen LogP contribution < -0.4 is 0 Å². The van der Waals surface area contributed by atoms with Crippen molar-refractivity contribution in [2.45, 2.75) is 11.5 Å². The van der Waals surface area contributed by atoms with Gasteiger partial charge in [-0.1, -0.05) is 72.8 Å². The number of morpholine rings is 1. The van der Waals surface area contributed by atoms with Crippen LogP contribution in [0, 0.1) is 5.82 Å². The van der Waals surface area contributed by atoms with Crippen LogP contribution in [0.25, 0.3) is 0 Å². The Balaban J connectivity index is 1.84. The van der Waals surface area contributed by atoms with Crippen molar-refractivity contribution < 1.29 is 14.2 Å². The summed E-state index contributed by atoms with van der Waals surface area (Å²) in [6, 6.07) is 26.0. The summed E-state index contributed by atoms with van der Waals surface area (Å²) in [6.07, 6.45) is 0. The molecule has 0 amide bonds. The minimum absolute atomic E-state index is 0.227. The summed E-state index contributed by atoms with van der Waals surface area (Å²) >= 11 is 0. The third-order valence-corrected chi connectivity index (χ3v) is 5.75. The van der Waals surface area contributed by atoms with Crippen molar-refractivity contribution in [2.75, 3.05) is 32.8 Å². The maximum atomic E-state index is 13.7. The topological polar surface area (TPSA) is 32.7 Å². The number of rotatable bonds is 6. The van der Waals surface area contributed by atoms with Gasteiger partial charge in [0.05, 0.1) is 13.2 Å². The van der Waals surface area contributed by atoms with E-state index in [2.05, 4.69) is 17.0 Å². The molecule has 2 atom stereocenters. The SMILES string of the molecule is OC(c1ccccc1)(c1ccc(F)cc1)C(CN1CCOCC1)c1ccccc1. The highest BCUT2D eigenvalue weighted by atomic mass is 19.1. The minimum atomic E-state index is -1.30. The summed E-state index contributed by atoms with van der Waals surface area (Å²) in [5.41, 5.74) is 1.24. The number of ether oxygens (including phenoxy) is 1. The van der Waals surface area contributed by atoms with Crippen molar-refractivity contribution in [1.82, 2.24) is 4.90 Å². The Labute approximate surface area is 171 Å². The number of benzene rings is 3. The van der Waals surface area contributed by atoms with E-state index in [1.807, 2.05) is 48.5 Å². The van der Waals surface area contributed by atoms with Crippen molar-refractivity contribution in [2.24, 2.45) is 0 Å². The van der Waals surface area contributed by atoms with Gasteiger partial charge in [0.15, 0.2) is 0 Å². The first-order chi connectivity index (χ1) is 14.2. The molecule has 1 aliphatic heterocycles. The van der Waals surface area contributed by atoms with Gasteiger partial charge >= 0.3 is 0 Å². The number of halogens is 1. The van der Waals surface area contributed by atoms with Gasteiger partial charge in [0.1, 0.15) is 11.4 Å². The maximum Gasteiger partial charge on any atom is 0.123 e. The molecule has 2 unspecified atom stereocenters. The zero-order valence-electron chi connectivity index (χ0n) is 16.4. The second-order valence-corrected chi connectivity index (χ2v) is 7.52. The molecule has 1 N–H and O–H groups in total. The standard InChI is InChI=1S/C25H26FNO2/c26-23-13-11-22(12-14-23)25(28,21-9-5-2-6-10-21)24(20-7-3-1-4-8-20)19-27-15-17-29-18-16-27/h1-14,24,28H,15-19H2. The van der Waals surface area contributed by atoms with Gasteiger partial charge in [0, 0.05) is 25.6 Å². The normalized spacial score (nSPS) is 18.1. The van der Waals surface area contributed by atoms with Crippen molar-refractivity contribution in [3.05, 3.63) is 107 Å². The molecule has 1 fully saturated rings. The summed E-state index contributed by atoms with van der Waals surface area (Å²) in [6.45, 7) is 3.73. The first-order valence-electron chi connectivity index (χ1n) is 10.1. The summed E-state index contributed by atoms with van der Waals surface area (Å²) in [4.78, 5) is 2.33. The number of hydrogen-bond acceptors (Lipinski definition) is 3. The van der Waals surface area contributed by atoms with Crippen LogP contribution in [0.3, 0.4) is 0 Å². The second kappa shape index (κ2) is 8.87. The van der Waals surface area contributed by atoms with Gasteiger partial charge in [-0.05, 0) is 28.8 Å². The van der Waals surface area contributed by atoms with E-state index < -0.39 is 5.60 Å². The number of nitrogens with zero attached hydrogens (tertiary/aromatic N) is 1. The van der Waals surface area contributed by atoms with Crippen LogP contribution in [-0.4, -0.2) is 42.9 Å². The molecule has 1 saturated heterocycles. The van der Waals surface area contributed by atoms with Gasteiger partial charge in [0.25, 0.3) is 0 Å². The monoisotopic (exact) mass is 391 g/mol. The first-order valence-corrected chi connectivity index (χ1v) is 10.1. The molecule has 3 aromatic rings. The van der Waals surface area contributed by atoms with Crippen LogP contribution in [0.1, 0.15) is 22.6 Å². The zero-order valence-corrected chi connectivity index (χ0v) is 16.4. The van der Waals surface area contributed by atoms with E-state index in [4.69, 9.17) is 4.74 Å². The van der Waals surface area contributed by atoms with Crippen molar-refractivity contribution in [3.8, 4) is 0 Å². The van der Waals surface area contributed by atoms with E-state index in [-0.39, 0.29) is 11.7 Å². The molecule has 0 aromatic heterocycles. The molecule has 0 aliphatic carbocycles. The predicted octanol–water partition coefficient (Wildman–Crippen LogP) is 4.18. The van der Waals surface area contributed by atoms with Crippen molar-refractivity contribution >= 4 is 0 Å². The molecule has 0 saturated carbocycles. The van der Waals surface area contributed by atoms with Gasteiger partial charge in [-0.2, -0.15) is 0 Å². The first kappa shape index (κ1) is 19.8. The summed E-state index contributed by atoms with van der Waals surface area (Å²) in [7, 11) is 0. The van der Waals surface area contributed by atoms with E-state index in [0.29, 0.717) is 25.3 Å². The Morgan fingerprint density at radius 2 is 1.38 bits per heavy atom. The molecular formula is C25H26FNO2. The highest BCUT2D eigenvalue weighted by Gasteiger charge is 2.42. The lowest BCUT2D eigenvalue weighted by atomic mass is 9.72. The quantitative estimate of drug-likeness (QED) is 0.684. The molecular weight excluding hydrogens is 365 g/mol. The highest BCUT2D eigenvalue weighted by molar-refractivity contribution is 5.42. The van der Waals surface area contributed by atoms with Gasteiger partial charge in [-0.15, -0.1) is 0 Å². The Morgan fingerprint density at radius 3 is 2.00 bits per heavy atom. The van der Waals surface area contributed by atoms with E-state index in [9.17, 15) is 9.50 Å². The van der Waals surface area contributed by atoms with E-state index in [1.54, 1.807) is 12.1 Å². The molecule has 1 aliphatic rings. The molecule has 0 radical (unpaired) electrons. The Hall–Kier alpha value is -2.53. The number of aliphatic hydroxyl groups is 1. The largest absolute Gasteiger partial charge is 0.380 e. The molecule has 1 heterocycles. The van der Waals surface area contributed by atoms with Crippen LogP contribution in [0.5, 0.6) is 0 Å². The smallest absolute Gasteiger partial charge is 0.123 e. The summed E-state index contributed by atoms with van der Waals surface area (Å²) in [5.74, 6) is -0.539. The third kappa shape index (κ3) is 4.25. The predicted molar refractivity (Wildman–Crippen MR) is 112 cm³/mol. The Kier molecular flexibility index (Phi) is 6.05. The van der Waals surface area contributed by atoms with Gasteiger partial charge < -0.3 is 9.84 Å². The molecule has 0 spiro atoms. The molecule has 29 heavy (non-hydrogen) atoms. The molecule has 0 bridgehead atoms.